The summed E-state index contributed by atoms with van der Waals surface area (Å²) >= 11 is 5.93. The molecule has 0 saturated carbocycles. The number of hydrogen-bond donors (Lipinski definition) is 2. The predicted octanol–water partition coefficient (Wildman–Crippen LogP) is 4.59. The van der Waals surface area contributed by atoms with Crippen LogP contribution >= 0.6 is 11.6 Å². The van der Waals surface area contributed by atoms with Gasteiger partial charge in [0, 0.05) is 10.6 Å². The number of carbonyl (C=O) groups is 2. The molecular formula is C27H28ClN3O5. The maximum atomic E-state index is 12.4. The predicted molar refractivity (Wildman–Crippen MR) is 139 cm³/mol. The van der Waals surface area contributed by atoms with E-state index in [9.17, 15) is 9.59 Å². The number of methoxy groups -OCH3 is 1. The molecule has 3 aromatic rings. The summed E-state index contributed by atoms with van der Waals surface area (Å²) < 4.78 is 16.7. The van der Waals surface area contributed by atoms with Crippen LogP contribution in [0.2, 0.25) is 5.02 Å². The molecule has 0 spiro atoms. The number of hydrogen-bond acceptors (Lipinski definition) is 6. The lowest BCUT2D eigenvalue weighted by Gasteiger charge is -2.13. The second-order valence-corrected chi connectivity index (χ2v) is 8.15. The van der Waals surface area contributed by atoms with Crippen molar-refractivity contribution in [1.82, 2.24) is 10.7 Å². The number of benzene rings is 3. The largest absolute Gasteiger partial charge is 0.497 e. The second-order valence-electron chi connectivity index (χ2n) is 7.71. The molecule has 2 N–H and O–H groups in total. The van der Waals surface area contributed by atoms with Gasteiger partial charge in [-0.3, -0.25) is 9.59 Å². The Morgan fingerprint density at radius 2 is 1.72 bits per heavy atom. The molecule has 0 radical (unpaired) electrons. The fourth-order valence-corrected chi connectivity index (χ4v) is 3.22. The number of nitrogens with zero attached hydrogens (tertiary/aromatic N) is 1. The Labute approximate surface area is 215 Å². The fourth-order valence-electron chi connectivity index (χ4n) is 3.09. The maximum Gasteiger partial charge on any atom is 0.262 e. The van der Waals surface area contributed by atoms with E-state index in [-0.39, 0.29) is 5.91 Å². The van der Waals surface area contributed by atoms with Gasteiger partial charge in [-0.05, 0) is 79.6 Å². The zero-order chi connectivity index (χ0) is 25.9. The monoisotopic (exact) mass is 509 g/mol. The van der Waals surface area contributed by atoms with E-state index in [4.69, 9.17) is 25.8 Å². The molecule has 0 fully saturated rings. The van der Waals surface area contributed by atoms with Gasteiger partial charge in [-0.1, -0.05) is 23.7 Å². The van der Waals surface area contributed by atoms with Crippen molar-refractivity contribution in [3.05, 3.63) is 88.4 Å². The molecule has 0 aliphatic carbocycles. The van der Waals surface area contributed by atoms with Gasteiger partial charge in [0.05, 0.1) is 19.9 Å². The maximum absolute atomic E-state index is 12.4. The first-order valence-corrected chi connectivity index (χ1v) is 11.7. The first-order chi connectivity index (χ1) is 17.4. The van der Waals surface area contributed by atoms with Gasteiger partial charge in [-0.2, -0.15) is 5.10 Å². The molecule has 36 heavy (non-hydrogen) atoms. The van der Waals surface area contributed by atoms with Crippen LogP contribution in [0.3, 0.4) is 0 Å². The van der Waals surface area contributed by atoms with Gasteiger partial charge in [0.25, 0.3) is 11.8 Å². The SMILES string of the molecule is CCOc1cc(C=NNC(=O)C(C)NC(=O)c2ccc(OC)cc2)ccc1OCc1ccc(Cl)cc1. The van der Waals surface area contributed by atoms with Crippen molar-refractivity contribution in [2.24, 2.45) is 5.10 Å². The minimum atomic E-state index is -0.792. The van der Waals surface area contributed by atoms with Crippen LogP contribution < -0.4 is 25.0 Å². The Hall–Kier alpha value is -4.04. The summed E-state index contributed by atoms with van der Waals surface area (Å²) in [5, 5.41) is 7.30. The van der Waals surface area contributed by atoms with E-state index in [1.165, 1.54) is 6.21 Å². The smallest absolute Gasteiger partial charge is 0.262 e. The Bertz CT molecular complexity index is 1200. The van der Waals surface area contributed by atoms with Crippen molar-refractivity contribution in [1.29, 1.82) is 0 Å². The lowest BCUT2D eigenvalue weighted by molar-refractivity contribution is -0.122. The molecule has 188 valence electrons. The minimum absolute atomic E-state index is 0.362. The molecule has 0 heterocycles. The fraction of sp³-hybridized carbons (Fsp3) is 0.222. The summed E-state index contributed by atoms with van der Waals surface area (Å²) in [6.45, 7) is 4.28. The van der Waals surface area contributed by atoms with Crippen molar-refractivity contribution in [3.63, 3.8) is 0 Å². The van der Waals surface area contributed by atoms with E-state index < -0.39 is 11.9 Å². The number of carbonyl (C=O) groups excluding carboxylic acids is 2. The first-order valence-electron chi connectivity index (χ1n) is 11.3. The summed E-state index contributed by atoms with van der Waals surface area (Å²) in [5.41, 5.74) is 4.53. The summed E-state index contributed by atoms with van der Waals surface area (Å²) in [5.74, 6) is 0.950. The summed E-state index contributed by atoms with van der Waals surface area (Å²) in [6.07, 6.45) is 1.49. The molecule has 9 heteroatoms. The van der Waals surface area contributed by atoms with Gasteiger partial charge in [-0.15, -0.1) is 0 Å². The first kappa shape index (κ1) is 26.6. The standard InChI is InChI=1S/C27H28ClN3O5/c1-4-35-25-15-20(7-14-24(25)36-17-19-5-10-22(28)11-6-19)16-29-31-26(32)18(2)30-27(33)21-8-12-23(34-3)13-9-21/h5-16,18H,4,17H2,1-3H3,(H,30,33)(H,31,32). The molecule has 0 aliphatic heterocycles. The van der Waals surface area contributed by atoms with Crippen molar-refractivity contribution < 1.29 is 23.8 Å². The highest BCUT2D eigenvalue weighted by molar-refractivity contribution is 6.30. The van der Waals surface area contributed by atoms with E-state index in [1.54, 1.807) is 56.5 Å². The molecule has 3 aromatic carbocycles. The van der Waals surface area contributed by atoms with Gasteiger partial charge < -0.3 is 19.5 Å². The molecule has 0 bridgehead atoms. The topological polar surface area (TPSA) is 98.2 Å². The quantitative estimate of drug-likeness (QED) is 0.291. The average Bonchev–Trinajstić information content (AvgIpc) is 2.89. The Morgan fingerprint density at radius 3 is 2.39 bits per heavy atom. The van der Waals surface area contributed by atoms with Gasteiger partial charge in [0.1, 0.15) is 18.4 Å². The Kier molecular flexibility index (Phi) is 9.71. The molecule has 1 unspecified atom stereocenters. The third-order valence-electron chi connectivity index (χ3n) is 5.06. The molecule has 0 saturated heterocycles. The van der Waals surface area contributed by atoms with Crippen LogP contribution in [0.4, 0.5) is 0 Å². The van der Waals surface area contributed by atoms with E-state index in [0.29, 0.717) is 46.6 Å². The van der Waals surface area contributed by atoms with Crippen molar-refractivity contribution in [3.8, 4) is 17.2 Å². The molecule has 8 nitrogen and oxygen atoms in total. The minimum Gasteiger partial charge on any atom is -0.497 e. The highest BCUT2D eigenvalue weighted by atomic mass is 35.5. The molecule has 0 aromatic heterocycles. The molecule has 3 rings (SSSR count). The highest BCUT2D eigenvalue weighted by Gasteiger charge is 2.16. The number of nitrogens with one attached hydrogen (secondary N) is 2. The zero-order valence-electron chi connectivity index (χ0n) is 20.3. The Morgan fingerprint density at radius 1 is 1.00 bits per heavy atom. The van der Waals surface area contributed by atoms with Gasteiger partial charge >= 0.3 is 0 Å². The van der Waals surface area contributed by atoms with Gasteiger partial charge in [-0.25, -0.2) is 5.43 Å². The van der Waals surface area contributed by atoms with Crippen LogP contribution in [0.5, 0.6) is 17.2 Å². The van der Waals surface area contributed by atoms with Crippen LogP contribution in [-0.2, 0) is 11.4 Å². The van der Waals surface area contributed by atoms with Crippen LogP contribution in [0.25, 0.3) is 0 Å². The molecule has 2 amide bonds. The third-order valence-corrected chi connectivity index (χ3v) is 5.31. The molecule has 0 aliphatic rings. The molecular weight excluding hydrogens is 482 g/mol. The number of halogens is 1. The third kappa shape index (κ3) is 7.74. The lowest BCUT2D eigenvalue weighted by atomic mass is 10.2. The van der Waals surface area contributed by atoms with Crippen molar-refractivity contribution in [2.45, 2.75) is 26.5 Å². The summed E-state index contributed by atoms with van der Waals surface area (Å²) in [6, 6.07) is 18.6. The number of ether oxygens (including phenoxy) is 3. The normalized spacial score (nSPS) is 11.6. The molecule has 1 atom stereocenters. The van der Waals surface area contributed by atoms with E-state index in [2.05, 4.69) is 15.8 Å². The van der Waals surface area contributed by atoms with Gasteiger partial charge in [0.2, 0.25) is 0 Å². The van der Waals surface area contributed by atoms with Crippen LogP contribution in [0.1, 0.15) is 35.3 Å². The van der Waals surface area contributed by atoms with Gasteiger partial charge in [0.15, 0.2) is 11.5 Å². The van der Waals surface area contributed by atoms with E-state index in [1.807, 2.05) is 31.2 Å². The number of rotatable bonds is 11. The number of hydrazone groups is 1. The summed E-state index contributed by atoms with van der Waals surface area (Å²) in [4.78, 5) is 24.7. The average molecular weight is 510 g/mol. The van der Waals surface area contributed by atoms with E-state index >= 15 is 0 Å². The Balaban J connectivity index is 1.55. The van der Waals surface area contributed by atoms with E-state index in [0.717, 1.165) is 5.56 Å². The van der Waals surface area contributed by atoms with Crippen LogP contribution in [0, 0.1) is 0 Å². The zero-order valence-corrected chi connectivity index (χ0v) is 21.0. The van der Waals surface area contributed by atoms with Crippen molar-refractivity contribution >= 4 is 29.6 Å². The highest BCUT2D eigenvalue weighted by Crippen LogP contribution is 2.29. The van der Waals surface area contributed by atoms with Crippen molar-refractivity contribution in [2.75, 3.05) is 13.7 Å². The van der Waals surface area contributed by atoms with Crippen LogP contribution in [-0.4, -0.2) is 37.8 Å². The second kappa shape index (κ2) is 13.2. The van der Waals surface area contributed by atoms with Crippen LogP contribution in [0.15, 0.2) is 71.8 Å². The summed E-state index contributed by atoms with van der Waals surface area (Å²) in [7, 11) is 1.55. The number of amides is 2. The lowest BCUT2D eigenvalue weighted by Crippen LogP contribution is -2.43.